The number of carbonyl (C=O) groups is 1. The van der Waals surface area contributed by atoms with Crippen molar-refractivity contribution in [2.75, 3.05) is 23.7 Å². The summed E-state index contributed by atoms with van der Waals surface area (Å²) < 4.78 is 28.3. The Morgan fingerprint density at radius 3 is 2.66 bits per heavy atom. The largest absolute Gasteiger partial charge is 0.339 e. The Morgan fingerprint density at radius 1 is 1.03 bits per heavy atom. The SMILES string of the molecule is CCCCNC(=O)Nc1ccc(S(=O)(=O)N2CCc3c(ccnc3Nc3cnc4ccccc4c3)C2)cc1. The maximum atomic E-state index is 13.4. The predicted octanol–water partition coefficient (Wildman–Crippen LogP) is 5.04. The second-order valence-corrected chi connectivity index (χ2v) is 11.1. The Balaban J connectivity index is 1.28. The summed E-state index contributed by atoms with van der Waals surface area (Å²) in [6.07, 6.45) is 5.89. The van der Waals surface area contributed by atoms with Gasteiger partial charge in [-0.1, -0.05) is 31.5 Å². The van der Waals surface area contributed by atoms with E-state index >= 15 is 0 Å². The van der Waals surface area contributed by atoms with Gasteiger partial charge in [-0.15, -0.1) is 0 Å². The number of hydrogen-bond acceptors (Lipinski definition) is 6. The molecule has 2 aromatic heterocycles. The number of nitrogens with zero attached hydrogens (tertiary/aromatic N) is 3. The molecule has 1 aliphatic heterocycles. The minimum Gasteiger partial charge on any atom is -0.339 e. The number of benzene rings is 2. The molecule has 38 heavy (non-hydrogen) atoms. The number of fused-ring (bicyclic) bond motifs is 2. The smallest absolute Gasteiger partial charge is 0.319 e. The zero-order valence-corrected chi connectivity index (χ0v) is 22.0. The molecule has 0 bridgehead atoms. The molecule has 0 unspecified atom stereocenters. The highest BCUT2D eigenvalue weighted by atomic mass is 32.2. The van der Waals surface area contributed by atoms with Crippen molar-refractivity contribution in [3.63, 3.8) is 0 Å². The molecule has 0 atom stereocenters. The lowest BCUT2D eigenvalue weighted by Gasteiger charge is -2.29. The number of rotatable bonds is 8. The second-order valence-electron chi connectivity index (χ2n) is 9.19. The average molecular weight is 531 g/mol. The molecule has 0 fully saturated rings. The highest BCUT2D eigenvalue weighted by Crippen LogP contribution is 2.30. The van der Waals surface area contributed by atoms with Gasteiger partial charge in [0.2, 0.25) is 10.0 Å². The summed E-state index contributed by atoms with van der Waals surface area (Å²) in [5.74, 6) is 0.712. The van der Waals surface area contributed by atoms with Gasteiger partial charge >= 0.3 is 6.03 Å². The third kappa shape index (κ3) is 5.61. The topological polar surface area (TPSA) is 116 Å². The van der Waals surface area contributed by atoms with E-state index in [9.17, 15) is 13.2 Å². The minimum absolute atomic E-state index is 0.188. The van der Waals surface area contributed by atoms with Crippen LogP contribution in [-0.2, 0) is 23.0 Å². The summed E-state index contributed by atoms with van der Waals surface area (Å²) >= 11 is 0. The molecule has 4 aromatic rings. The standard InChI is InChI=1S/C28H30N6O3S/c1-2-3-14-30-28(35)33-22-8-10-24(11-9-22)38(36,37)34-16-13-25-21(19-34)12-15-29-27(25)32-23-17-20-6-4-5-7-26(20)31-18-23/h4-12,15,17-18H,2-3,13-14,16,19H2,1H3,(H,29,32)(H2,30,33,35). The van der Waals surface area contributed by atoms with Crippen LogP contribution in [0.1, 0.15) is 30.9 Å². The fourth-order valence-electron chi connectivity index (χ4n) is 4.47. The lowest BCUT2D eigenvalue weighted by atomic mass is 10.0. The first-order valence-electron chi connectivity index (χ1n) is 12.7. The van der Waals surface area contributed by atoms with Crippen LogP contribution in [0.4, 0.5) is 22.0 Å². The minimum atomic E-state index is -3.71. The third-order valence-corrected chi connectivity index (χ3v) is 8.39. The van der Waals surface area contributed by atoms with Gasteiger partial charge in [0.1, 0.15) is 5.82 Å². The molecule has 0 radical (unpaired) electrons. The molecule has 9 nitrogen and oxygen atoms in total. The first-order chi connectivity index (χ1) is 18.4. The van der Waals surface area contributed by atoms with Crippen LogP contribution >= 0.6 is 0 Å². The highest BCUT2D eigenvalue weighted by molar-refractivity contribution is 7.89. The molecule has 3 heterocycles. The van der Waals surface area contributed by atoms with Crippen LogP contribution in [0.3, 0.4) is 0 Å². The monoisotopic (exact) mass is 530 g/mol. The van der Waals surface area contributed by atoms with E-state index < -0.39 is 10.0 Å². The van der Waals surface area contributed by atoms with Crippen LogP contribution in [0.25, 0.3) is 10.9 Å². The Hall–Kier alpha value is -4.02. The number of pyridine rings is 2. The van der Waals surface area contributed by atoms with E-state index in [1.54, 1.807) is 24.5 Å². The van der Waals surface area contributed by atoms with Crippen LogP contribution in [-0.4, -0.2) is 41.8 Å². The fourth-order valence-corrected chi connectivity index (χ4v) is 5.89. The van der Waals surface area contributed by atoms with Crippen molar-refractivity contribution in [1.82, 2.24) is 19.6 Å². The van der Waals surface area contributed by atoms with Gasteiger partial charge in [0, 0.05) is 42.5 Å². The van der Waals surface area contributed by atoms with Crippen LogP contribution in [0.2, 0.25) is 0 Å². The molecule has 0 saturated heterocycles. The van der Waals surface area contributed by atoms with Crippen molar-refractivity contribution in [2.45, 2.75) is 37.6 Å². The quantitative estimate of drug-likeness (QED) is 0.275. The molecule has 0 spiro atoms. The summed E-state index contributed by atoms with van der Waals surface area (Å²) in [7, 11) is -3.71. The van der Waals surface area contributed by atoms with Crippen molar-refractivity contribution in [3.05, 3.63) is 84.2 Å². The van der Waals surface area contributed by atoms with E-state index in [2.05, 4.69) is 32.8 Å². The van der Waals surface area contributed by atoms with Crippen molar-refractivity contribution in [1.29, 1.82) is 0 Å². The van der Waals surface area contributed by atoms with Gasteiger partial charge in [0.15, 0.2) is 0 Å². The summed E-state index contributed by atoms with van der Waals surface area (Å²) in [6.45, 7) is 3.24. The summed E-state index contributed by atoms with van der Waals surface area (Å²) in [4.78, 5) is 21.2. The predicted molar refractivity (Wildman–Crippen MR) is 149 cm³/mol. The summed E-state index contributed by atoms with van der Waals surface area (Å²) in [5, 5.41) is 9.90. The normalized spacial score (nSPS) is 13.6. The second kappa shape index (κ2) is 11.2. The van der Waals surface area contributed by atoms with E-state index in [1.165, 1.54) is 16.4 Å². The van der Waals surface area contributed by atoms with E-state index in [-0.39, 0.29) is 17.5 Å². The molecule has 2 aromatic carbocycles. The first-order valence-corrected chi connectivity index (χ1v) is 14.1. The Bertz CT molecular complexity index is 1560. The molecule has 0 saturated carbocycles. The van der Waals surface area contributed by atoms with Gasteiger partial charge in [-0.25, -0.2) is 18.2 Å². The number of hydrogen-bond donors (Lipinski definition) is 3. The Labute approximate surface area is 222 Å². The van der Waals surface area contributed by atoms with Gasteiger partial charge in [0.05, 0.1) is 22.3 Å². The van der Waals surface area contributed by atoms with E-state index in [4.69, 9.17) is 0 Å². The van der Waals surface area contributed by atoms with Crippen LogP contribution in [0, 0.1) is 0 Å². The number of aromatic nitrogens is 2. The van der Waals surface area contributed by atoms with Crippen LogP contribution < -0.4 is 16.0 Å². The fraction of sp³-hybridized carbons (Fsp3) is 0.250. The van der Waals surface area contributed by atoms with Gasteiger partial charge in [-0.2, -0.15) is 4.31 Å². The molecule has 5 rings (SSSR count). The number of unbranched alkanes of at least 4 members (excludes halogenated alkanes) is 1. The van der Waals surface area contributed by atoms with E-state index in [0.29, 0.717) is 31.0 Å². The molecule has 3 N–H and O–H groups in total. The van der Waals surface area contributed by atoms with Crippen molar-refractivity contribution in [2.24, 2.45) is 0 Å². The molecule has 0 aliphatic carbocycles. The number of anilines is 3. The Kier molecular flexibility index (Phi) is 7.52. The maximum Gasteiger partial charge on any atom is 0.319 e. The van der Waals surface area contributed by atoms with Gasteiger partial charge < -0.3 is 16.0 Å². The number of sulfonamides is 1. The lowest BCUT2D eigenvalue weighted by Crippen LogP contribution is -2.36. The first kappa shape index (κ1) is 25.6. The lowest BCUT2D eigenvalue weighted by molar-refractivity contribution is 0.252. The number of amides is 2. The Morgan fingerprint density at radius 2 is 1.84 bits per heavy atom. The number of urea groups is 1. The van der Waals surface area contributed by atoms with Crippen molar-refractivity contribution >= 4 is 44.1 Å². The highest BCUT2D eigenvalue weighted by Gasteiger charge is 2.29. The van der Waals surface area contributed by atoms with Crippen molar-refractivity contribution < 1.29 is 13.2 Å². The number of nitrogens with one attached hydrogen (secondary N) is 3. The summed E-state index contributed by atoms with van der Waals surface area (Å²) in [5.41, 5.74) is 4.19. The van der Waals surface area contributed by atoms with Gasteiger partial charge in [-0.05, 0) is 60.9 Å². The number of carbonyl (C=O) groups excluding carboxylic acids is 1. The van der Waals surface area contributed by atoms with Crippen LogP contribution in [0.15, 0.2) is 78.0 Å². The van der Waals surface area contributed by atoms with Crippen LogP contribution in [0.5, 0.6) is 0 Å². The van der Waals surface area contributed by atoms with E-state index in [0.717, 1.165) is 40.6 Å². The molecule has 196 valence electrons. The maximum absolute atomic E-state index is 13.4. The zero-order chi connectivity index (χ0) is 26.5. The van der Waals surface area contributed by atoms with Gasteiger partial charge in [-0.3, -0.25) is 4.98 Å². The number of para-hydroxylation sites is 1. The molecule has 2 amide bonds. The molecule has 1 aliphatic rings. The average Bonchev–Trinajstić information content (AvgIpc) is 2.93. The summed E-state index contributed by atoms with van der Waals surface area (Å²) in [6, 6.07) is 17.7. The molecular formula is C28H30N6O3S. The van der Waals surface area contributed by atoms with E-state index in [1.807, 2.05) is 36.4 Å². The van der Waals surface area contributed by atoms with Gasteiger partial charge in [0.25, 0.3) is 0 Å². The zero-order valence-electron chi connectivity index (χ0n) is 21.1. The molecular weight excluding hydrogens is 500 g/mol. The van der Waals surface area contributed by atoms with Crippen molar-refractivity contribution in [3.8, 4) is 0 Å². The molecule has 10 heteroatoms. The third-order valence-electron chi connectivity index (χ3n) is 6.53.